The van der Waals surface area contributed by atoms with Crippen molar-refractivity contribution in [2.24, 2.45) is 0 Å². The SMILES string of the molecule is Cc1nc(-c2cccc(NC(=O)COc3ccc(S(=O)(=O)Nc4ccc(Cl)cc4)cc3Cl)c2)cs1. The molecule has 4 rings (SSSR count). The molecule has 0 atom stereocenters. The van der Waals surface area contributed by atoms with Crippen molar-refractivity contribution in [2.45, 2.75) is 11.8 Å². The van der Waals surface area contributed by atoms with Crippen molar-refractivity contribution in [3.63, 3.8) is 0 Å². The number of hydrogen-bond donors (Lipinski definition) is 2. The van der Waals surface area contributed by atoms with Crippen LogP contribution in [0.3, 0.4) is 0 Å². The van der Waals surface area contributed by atoms with Crippen molar-refractivity contribution >= 4 is 61.8 Å². The van der Waals surface area contributed by atoms with E-state index in [1.807, 2.05) is 30.5 Å². The highest BCUT2D eigenvalue weighted by atomic mass is 35.5. The smallest absolute Gasteiger partial charge is 0.262 e. The molecule has 0 aliphatic heterocycles. The molecule has 0 aliphatic rings. The number of sulfonamides is 1. The van der Waals surface area contributed by atoms with E-state index in [2.05, 4.69) is 15.0 Å². The number of aryl methyl sites for hydroxylation is 1. The average molecular weight is 548 g/mol. The van der Waals surface area contributed by atoms with Crippen LogP contribution in [0, 0.1) is 6.92 Å². The van der Waals surface area contributed by atoms with Gasteiger partial charge in [0.2, 0.25) is 0 Å². The lowest BCUT2D eigenvalue weighted by Crippen LogP contribution is -2.20. The lowest BCUT2D eigenvalue weighted by Gasteiger charge is -2.12. The number of aromatic nitrogens is 1. The topological polar surface area (TPSA) is 97.4 Å². The van der Waals surface area contributed by atoms with E-state index in [0.29, 0.717) is 16.4 Å². The minimum atomic E-state index is -3.88. The van der Waals surface area contributed by atoms with Gasteiger partial charge in [-0.25, -0.2) is 13.4 Å². The largest absolute Gasteiger partial charge is 0.482 e. The summed E-state index contributed by atoms with van der Waals surface area (Å²) in [5, 5.41) is 6.22. The second-order valence-electron chi connectivity index (χ2n) is 7.37. The lowest BCUT2D eigenvalue weighted by molar-refractivity contribution is -0.118. The third-order valence-corrected chi connectivity index (χ3v) is 7.43. The summed E-state index contributed by atoms with van der Waals surface area (Å²) < 4.78 is 33.2. The van der Waals surface area contributed by atoms with Crippen LogP contribution in [0.1, 0.15) is 5.01 Å². The summed E-state index contributed by atoms with van der Waals surface area (Å²) in [5.74, 6) is -0.215. The van der Waals surface area contributed by atoms with Crippen LogP contribution in [0.15, 0.2) is 77.0 Å². The molecule has 0 unspecified atom stereocenters. The number of benzene rings is 3. The highest BCUT2D eigenvalue weighted by Gasteiger charge is 2.17. The van der Waals surface area contributed by atoms with E-state index in [4.69, 9.17) is 27.9 Å². The van der Waals surface area contributed by atoms with E-state index in [9.17, 15) is 13.2 Å². The Morgan fingerprint density at radius 2 is 1.80 bits per heavy atom. The molecule has 0 saturated carbocycles. The molecule has 2 N–H and O–H groups in total. The number of thiazole rings is 1. The fourth-order valence-corrected chi connectivity index (χ4v) is 5.22. The van der Waals surface area contributed by atoms with Crippen LogP contribution >= 0.6 is 34.5 Å². The first-order chi connectivity index (χ1) is 16.7. The van der Waals surface area contributed by atoms with Crippen molar-refractivity contribution in [3.8, 4) is 17.0 Å². The van der Waals surface area contributed by atoms with Gasteiger partial charge in [-0.05, 0) is 61.5 Å². The van der Waals surface area contributed by atoms with E-state index in [1.54, 1.807) is 41.7 Å². The number of hydrogen-bond acceptors (Lipinski definition) is 6. The zero-order valence-electron chi connectivity index (χ0n) is 18.3. The molecule has 3 aromatic carbocycles. The van der Waals surface area contributed by atoms with E-state index in [1.165, 1.54) is 18.2 Å². The molecule has 1 aromatic heterocycles. The predicted molar refractivity (Wildman–Crippen MR) is 140 cm³/mol. The molecular formula is C24H19Cl2N3O4S2. The molecule has 0 saturated heterocycles. The van der Waals surface area contributed by atoms with Crippen molar-refractivity contribution in [1.82, 2.24) is 4.98 Å². The molecule has 0 radical (unpaired) electrons. The van der Waals surface area contributed by atoms with Crippen LogP contribution in [0.5, 0.6) is 5.75 Å². The van der Waals surface area contributed by atoms with Crippen molar-refractivity contribution in [1.29, 1.82) is 0 Å². The quantitative estimate of drug-likeness (QED) is 0.272. The van der Waals surface area contributed by atoms with Gasteiger partial charge in [-0.1, -0.05) is 35.3 Å². The van der Waals surface area contributed by atoms with Crippen LogP contribution in [0.2, 0.25) is 10.0 Å². The van der Waals surface area contributed by atoms with Crippen molar-refractivity contribution in [3.05, 3.63) is 87.2 Å². The Kier molecular flexibility index (Phi) is 7.61. The van der Waals surface area contributed by atoms with Crippen LogP contribution in [-0.4, -0.2) is 25.9 Å². The Morgan fingerprint density at radius 1 is 1.03 bits per heavy atom. The van der Waals surface area contributed by atoms with Gasteiger partial charge in [-0.15, -0.1) is 11.3 Å². The van der Waals surface area contributed by atoms with Gasteiger partial charge in [-0.3, -0.25) is 9.52 Å². The van der Waals surface area contributed by atoms with Gasteiger partial charge < -0.3 is 10.1 Å². The Labute approximate surface area is 216 Å². The molecule has 0 fully saturated rings. The zero-order chi connectivity index (χ0) is 25.0. The number of halogens is 2. The number of nitrogens with one attached hydrogen (secondary N) is 2. The second kappa shape index (κ2) is 10.7. The number of ether oxygens (including phenoxy) is 1. The molecule has 7 nitrogen and oxygen atoms in total. The Morgan fingerprint density at radius 3 is 2.49 bits per heavy atom. The second-order valence-corrected chi connectivity index (χ2v) is 11.0. The normalized spacial score (nSPS) is 11.2. The minimum absolute atomic E-state index is 0.0525. The number of rotatable bonds is 8. The predicted octanol–water partition coefficient (Wildman–Crippen LogP) is 6.24. The van der Waals surface area contributed by atoms with E-state index in [-0.39, 0.29) is 22.3 Å². The Balaban J connectivity index is 1.38. The molecule has 0 spiro atoms. The molecule has 0 aliphatic carbocycles. The van der Waals surface area contributed by atoms with Crippen LogP contribution in [0.4, 0.5) is 11.4 Å². The van der Waals surface area contributed by atoms with Gasteiger partial charge >= 0.3 is 0 Å². The average Bonchev–Trinajstić information content (AvgIpc) is 3.26. The summed E-state index contributed by atoms with van der Waals surface area (Å²) in [7, 11) is -3.88. The molecular weight excluding hydrogens is 529 g/mol. The monoisotopic (exact) mass is 547 g/mol. The molecule has 180 valence electrons. The summed E-state index contributed by atoms with van der Waals surface area (Å²) in [6, 6.07) is 17.6. The number of nitrogens with zero attached hydrogens (tertiary/aromatic N) is 1. The summed E-state index contributed by atoms with van der Waals surface area (Å²) in [4.78, 5) is 16.8. The van der Waals surface area contributed by atoms with E-state index in [0.717, 1.165) is 16.3 Å². The number of anilines is 2. The fourth-order valence-electron chi connectivity index (χ4n) is 3.09. The van der Waals surface area contributed by atoms with Gasteiger partial charge in [0.05, 0.1) is 20.6 Å². The first kappa shape index (κ1) is 25.0. The summed E-state index contributed by atoms with van der Waals surface area (Å²) in [6.45, 7) is 1.62. The van der Waals surface area contributed by atoms with Gasteiger partial charge in [-0.2, -0.15) is 0 Å². The number of carbonyl (C=O) groups is 1. The maximum atomic E-state index is 12.6. The van der Waals surface area contributed by atoms with E-state index >= 15 is 0 Å². The Hall–Kier alpha value is -3.11. The molecule has 35 heavy (non-hydrogen) atoms. The third-order valence-electron chi connectivity index (χ3n) is 4.73. The van der Waals surface area contributed by atoms with Gasteiger partial charge in [0.25, 0.3) is 15.9 Å². The number of carbonyl (C=O) groups excluding carboxylic acids is 1. The maximum absolute atomic E-state index is 12.6. The number of amides is 1. The lowest BCUT2D eigenvalue weighted by atomic mass is 10.1. The summed E-state index contributed by atoms with van der Waals surface area (Å²) >= 11 is 13.6. The molecule has 1 heterocycles. The first-order valence-corrected chi connectivity index (χ1v) is 13.3. The zero-order valence-corrected chi connectivity index (χ0v) is 21.4. The van der Waals surface area contributed by atoms with Crippen molar-refractivity contribution < 1.29 is 17.9 Å². The van der Waals surface area contributed by atoms with Gasteiger partial charge in [0.1, 0.15) is 5.75 Å². The molecule has 11 heteroatoms. The highest BCUT2D eigenvalue weighted by Crippen LogP contribution is 2.29. The first-order valence-electron chi connectivity index (χ1n) is 10.2. The molecule has 4 aromatic rings. The Bertz CT molecular complexity index is 1470. The summed E-state index contributed by atoms with van der Waals surface area (Å²) in [6.07, 6.45) is 0. The highest BCUT2D eigenvalue weighted by molar-refractivity contribution is 7.92. The maximum Gasteiger partial charge on any atom is 0.262 e. The van der Waals surface area contributed by atoms with E-state index < -0.39 is 15.9 Å². The molecule has 1 amide bonds. The van der Waals surface area contributed by atoms with Crippen molar-refractivity contribution in [2.75, 3.05) is 16.6 Å². The minimum Gasteiger partial charge on any atom is -0.482 e. The van der Waals surface area contributed by atoms with Gasteiger partial charge in [0, 0.05) is 27.3 Å². The van der Waals surface area contributed by atoms with Crippen LogP contribution in [0.25, 0.3) is 11.3 Å². The van der Waals surface area contributed by atoms with Gasteiger partial charge in [0.15, 0.2) is 6.61 Å². The standard InChI is InChI=1S/C24H19Cl2N3O4S2/c1-15-27-22(14-34-15)16-3-2-4-19(11-16)28-24(30)13-33-23-10-9-20(12-21(23)26)35(31,32)29-18-7-5-17(25)6-8-18/h2-12,14,29H,13H2,1H3,(H,28,30). The summed E-state index contributed by atoms with van der Waals surface area (Å²) in [5.41, 5.74) is 2.69. The van der Waals surface area contributed by atoms with Crippen LogP contribution in [-0.2, 0) is 14.8 Å². The molecule has 0 bridgehead atoms. The van der Waals surface area contributed by atoms with Crippen LogP contribution < -0.4 is 14.8 Å². The fraction of sp³-hybridized carbons (Fsp3) is 0.0833. The third kappa shape index (κ3) is 6.52.